The lowest BCUT2D eigenvalue weighted by Gasteiger charge is -2.34. The molecule has 4 rings (SSSR count). The van der Waals surface area contributed by atoms with E-state index < -0.39 is 0 Å². The summed E-state index contributed by atoms with van der Waals surface area (Å²) in [6.45, 7) is 3.91. The van der Waals surface area contributed by atoms with Gasteiger partial charge in [0.25, 0.3) is 5.91 Å². The van der Waals surface area contributed by atoms with Crippen LogP contribution in [0.5, 0.6) is 0 Å². The molecule has 0 saturated carbocycles. The molecule has 0 atom stereocenters. The fourth-order valence-corrected chi connectivity index (χ4v) is 3.44. The summed E-state index contributed by atoms with van der Waals surface area (Å²) in [4.78, 5) is 35.3. The Morgan fingerprint density at radius 3 is 2.36 bits per heavy atom. The Bertz CT molecular complexity index is 993. The molecule has 0 spiro atoms. The Morgan fingerprint density at radius 1 is 1.04 bits per heavy atom. The molecular weight excluding hydrogens is 354 g/mol. The van der Waals surface area contributed by atoms with Gasteiger partial charge in [-0.15, -0.1) is 0 Å². The van der Waals surface area contributed by atoms with Crippen molar-refractivity contribution < 1.29 is 4.79 Å². The van der Waals surface area contributed by atoms with E-state index >= 15 is 0 Å². The standard InChI is InChI=1S/C21H23N5O2/c1-24-9-8-22-19(24)15-25-10-12-26(13-11-25)21(28)17-4-2-16(3-5-17)18-6-7-20(27)23-14-18/h2-9,14H,10-13,15H2,1H3,(H,23,27). The van der Waals surface area contributed by atoms with Crippen molar-refractivity contribution in [2.24, 2.45) is 7.05 Å². The van der Waals surface area contributed by atoms with Crippen molar-refractivity contribution in [3.63, 3.8) is 0 Å². The minimum Gasteiger partial charge on any atom is -0.337 e. The van der Waals surface area contributed by atoms with E-state index in [9.17, 15) is 9.59 Å². The number of aromatic nitrogens is 3. The van der Waals surface area contributed by atoms with Crippen LogP contribution in [0.15, 0.2) is 59.8 Å². The lowest BCUT2D eigenvalue weighted by atomic mass is 10.0. The molecule has 1 aliphatic rings. The maximum absolute atomic E-state index is 12.8. The van der Waals surface area contributed by atoms with Gasteiger partial charge in [-0.3, -0.25) is 14.5 Å². The molecule has 1 aromatic carbocycles. The number of amides is 1. The lowest BCUT2D eigenvalue weighted by molar-refractivity contribution is 0.0624. The Morgan fingerprint density at radius 2 is 1.75 bits per heavy atom. The van der Waals surface area contributed by atoms with Crippen molar-refractivity contribution in [2.75, 3.05) is 26.2 Å². The van der Waals surface area contributed by atoms with Crippen LogP contribution in [-0.2, 0) is 13.6 Å². The SMILES string of the molecule is Cn1ccnc1CN1CCN(C(=O)c2ccc(-c3ccc(=O)[nH]c3)cc2)CC1. The van der Waals surface area contributed by atoms with Crippen molar-refractivity contribution in [3.8, 4) is 11.1 Å². The number of pyridine rings is 1. The number of carbonyl (C=O) groups excluding carboxylic acids is 1. The first-order valence-corrected chi connectivity index (χ1v) is 9.37. The maximum atomic E-state index is 12.8. The molecule has 1 amide bonds. The van der Waals surface area contributed by atoms with Crippen LogP contribution >= 0.6 is 0 Å². The summed E-state index contributed by atoms with van der Waals surface area (Å²) < 4.78 is 2.03. The molecule has 3 heterocycles. The molecule has 28 heavy (non-hydrogen) atoms. The molecule has 2 aromatic heterocycles. The monoisotopic (exact) mass is 377 g/mol. The van der Waals surface area contributed by atoms with Gasteiger partial charge in [0.05, 0.1) is 6.54 Å². The molecule has 3 aromatic rings. The molecule has 7 heteroatoms. The first kappa shape index (κ1) is 18.2. The summed E-state index contributed by atoms with van der Waals surface area (Å²) in [7, 11) is 2.00. The van der Waals surface area contributed by atoms with Gasteiger partial charge in [0.15, 0.2) is 0 Å². The molecule has 1 aliphatic heterocycles. The summed E-state index contributed by atoms with van der Waals surface area (Å²) in [5, 5.41) is 0. The minimum atomic E-state index is -0.127. The van der Waals surface area contributed by atoms with Gasteiger partial charge in [0, 0.05) is 63.4 Å². The van der Waals surface area contributed by atoms with Crippen LogP contribution in [0.2, 0.25) is 0 Å². The molecule has 1 N–H and O–H groups in total. The highest BCUT2D eigenvalue weighted by Gasteiger charge is 2.22. The third-order valence-corrected chi connectivity index (χ3v) is 5.19. The average molecular weight is 377 g/mol. The van der Waals surface area contributed by atoms with E-state index in [1.807, 2.05) is 53.2 Å². The van der Waals surface area contributed by atoms with E-state index in [1.54, 1.807) is 12.3 Å². The zero-order valence-electron chi connectivity index (χ0n) is 15.8. The van der Waals surface area contributed by atoms with E-state index in [0.29, 0.717) is 18.7 Å². The summed E-state index contributed by atoms with van der Waals surface area (Å²) >= 11 is 0. The van der Waals surface area contributed by atoms with E-state index in [0.717, 1.165) is 36.6 Å². The zero-order chi connectivity index (χ0) is 19.5. The number of hydrogen-bond donors (Lipinski definition) is 1. The van der Waals surface area contributed by atoms with Crippen LogP contribution in [0.3, 0.4) is 0 Å². The van der Waals surface area contributed by atoms with Crippen molar-refractivity contribution in [1.82, 2.24) is 24.3 Å². The molecule has 0 radical (unpaired) electrons. The third kappa shape index (κ3) is 3.89. The maximum Gasteiger partial charge on any atom is 0.253 e. The van der Waals surface area contributed by atoms with E-state index in [-0.39, 0.29) is 11.5 Å². The second kappa shape index (κ2) is 7.82. The first-order valence-electron chi connectivity index (χ1n) is 9.37. The van der Waals surface area contributed by atoms with Gasteiger partial charge in [-0.25, -0.2) is 4.98 Å². The van der Waals surface area contributed by atoms with Gasteiger partial charge in [-0.1, -0.05) is 12.1 Å². The summed E-state index contributed by atoms with van der Waals surface area (Å²) in [5.74, 6) is 1.10. The highest BCUT2D eigenvalue weighted by atomic mass is 16.2. The normalized spacial score (nSPS) is 15.0. The number of aryl methyl sites for hydroxylation is 1. The van der Waals surface area contributed by atoms with Crippen LogP contribution in [0, 0.1) is 0 Å². The number of carbonyl (C=O) groups is 1. The van der Waals surface area contributed by atoms with Gasteiger partial charge in [0.2, 0.25) is 5.56 Å². The predicted octanol–water partition coefficient (Wildman–Crippen LogP) is 1.73. The van der Waals surface area contributed by atoms with Gasteiger partial charge >= 0.3 is 0 Å². The summed E-state index contributed by atoms with van der Waals surface area (Å²) in [6, 6.07) is 10.8. The number of benzene rings is 1. The van der Waals surface area contributed by atoms with Crippen LogP contribution in [0.25, 0.3) is 11.1 Å². The van der Waals surface area contributed by atoms with Crippen molar-refractivity contribution >= 4 is 5.91 Å². The lowest BCUT2D eigenvalue weighted by Crippen LogP contribution is -2.48. The minimum absolute atomic E-state index is 0.0599. The van der Waals surface area contributed by atoms with Crippen LogP contribution in [0.1, 0.15) is 16.2 Å². The number of aromatic amines is 1. The Hall–Kier alpha value is -3.19. The molecule has 0 unspecified atom stereocenters. The van der Waals surface area contributed by atoms with E-state index in [4.69, 9.17) is 0 Å². The Labute approximate surface area is 163 Å². The van der Waals surface area contributed by atoms with Crippen molar-refractivity contribution in [3.05, 3.63) is 76.7 Å². The predicted molar refractivity (Wildman–Crippen MR) is 107 cm³/mol. The number of imidazole rings is 1. The summed E-state index contributed by atoms with van der Waals surface area (Å²) in [6.07, 6.45) is 5.44. The number of nitrogens with zero attached hydrogens (tertiary/aromatic N) is 4. The molecule has 144 valence electrons. The van der Waals surface area contributed by atoms with E-state index in [2.05, 4.69) is 14.9 Å². The van der Waals surface area contributed by atoms with Gasteiger partial charge in [-0.2, -0.15) is 0 Å². The molecular formula is C21H23N5O2. The molecule has 7 nitrogen and oxygen atoms in total. The highest BCUT2D eigenvalue weighted by Crippen LogP contribution is 2.19. The van der Waals surface area contributed by atoms with Gasteiger partial charge < -0.3 is 14.5 Å². The van der Waals surface area contributed by atoms with Crippen molar-refractivity contribution in [2.45, 2.75) is 6.54 Å². The average Bonchev–Trinajstić information content (AvgIpc) is 3.13. The first-order chi connectivity index (χ1) is 13.6. The van der Waals surface area contributed by atoms with E-state index in [1.165, 1.54) is 6.07 Å². The van der Waals surface area contributed by atoms with Crippen LogP contribution in [0.4, 0.5) is 0 Å². The number of piperazine rings is 1. The molecule has 0 aliphatic carbocycles. The molecule has 1 fully saturated rings. The van der Waals surface area contributed by atoms with Gasteiger partial charge in [-0.05, 0) is 29.3 Å². The topological polar surface area (TPSA) is 74.2 Å². The summed E-state index contributed by atoms with van der Waals surface area (Å²) in [5.41, 5.74) is 2.44. The van der Waals surface area contributed by atoms with Gasteiger partial charge in [0.1, 0.15) is 5.82 Å². The Balaban J connectivity index is 1.36. The largest absolute Gasteiger partial charge is 0.337 e. The number of hydrogen-bond acceptors (Lipinski definition) is 4. The number of rotatable bonds is 4. The van der Waals surface area contributed by atoms with Crippen LogP contribution < -0.4 is 5.56 Å². The number of H-pyrrole nitrogens is 1. The molecule has 1 saturated heterocycles. The zero-order valence-corrected chi connectivity index (χ0v) is 15.8. The Kier molecular flexibility index (Phi) is 5.08. The highest BCUT2D eigenvalue weighted by molar-refractivity contribution is 5.94. The number of nitrogens with one attached hydrogen (secondary N) is 1. The quantitative estimate of drug-likeness (QED) is 0.752. The fraction of sp³-hybridized carbons (Fsp3) is 0.286. The molecule has 0 bridgehead atoms. The van der Waals surface area contributed by atoms with Crippen LogP contribution in [-0.4, -0.2) is 56.4 Å². The second-order valence-electron chi connectivity index (χ2n) is 7.04. The smallest absolute Gasteiger partial charge is 0.253 e. The van der Waals surface area contributed by atoms with Crippen molar-refractivity contribution in [1.29, 1.82) is 0 Å². The second-order valence-corrected chi connectivity index (χ2v) is 7.04. The fourth-order valence-electron chi connectivity index (χ4n) is 3.44. The third-order valence-electron chi connectivity index (χ3n) is 5.19.